The molecule has 0 aromatic carbocycles. The van der Waals surface area contributed by atoms with Gasteiger partial charge in [-0.15, -0.1) is 0 Å². The lowest BCUT2D eigenvalue weighted by atomic mass is 9.70. The molecule has 3 aliphatic rings. The van der Waals surface area contributed by atoms with Crippen molar-refractivity contribution in [2.45, 2.75) is 77.8 Å². The van der Waals surface area contributed by atoms with E-state index in [1.54, 1.807) is 0 Å². The fourth-order valence-corrected chi connectivity index (χ4v) is 4.77. The first-order valence-corrected chi connectivity index (χ1v) is 8.99. The maximum Gasteiger partial charge on any atom is 0.0195 e. The summed E-state index contributed by atoms with van der Waals surface area (Å²) in [6.07, 6.45) is 10.0. The molecule has 1 aliphatic heterocycles. The Morgan fingerprint density at radius 1 is 1.10 bits per heavy atom. The average molecular weight is 278 g/mol. The summed E-state index contributed by atoms with van der Waals surface area (Å²) in [5.41, 5.74) is 0.549. The second-order valence-corrected chi connectivity index (χ2v) is 8.76. The Balaban J connectivity index is 1.63. The van der Waals surface area contributed by atoms with Crippen LogP contribution in [0.3, 0.4) is 0 Å². The number of nitrogens with zero attached hydrogens (tertiary/aromatic N) is 1. The van der Waals surface area contributed by atoms with E-state index in [0.717, 1.165) is 23.9 Å². The number of rotatable bonds is 5. The molecule has 0 radical (unpaired) electrons. The molecule has 20 heavy (non-hydrogen) atoms. The molecular weight excluding hydrogens is 244 g/mol. The van der Waals surface area contributed by atoms with Crippen molar-refractivity contribution in [3.05, 3.63) is 0 Å². The van der Waals surface area contributed by atoms with Gasteiger partial charge < -0.3 is 5.32 Å². The van der Waals surface area contributed by atoms with E-state index in [1.165, 1.54) is 64.6 Å². The van der Waals surface area contributed by atoms with Crippen molar-refractivity contribution in [1.29, 1.82) is 0 Å². The lowest BCUT2D eigenvalue weighted by molar-refractivity contribution is 0.0586. The molecule has 2 aliphatic carbocycles. The molecule has 2 saturated carbocycles. The third-order valence-electron chi connectivity index (χ3n) is 5.69. The van der Waals surface area contributed by atoms with Gasteiger partial charge in [-0.3, -0.25) is 4.90 Å². The van der Waals surface area contributed by atoms with Crippen LogP contribution in [0.5, 0.6) is 0 Å². The zero-order valence-corrected chi connectivity index (χ0v) is 13.8. The molecule has 1 heterocycles. The second kappa shape index (κ2) is 5.96. The van der Waals surface area contributed by atoms with Crippen LogP contribution in [0.25, 0.3) is 0 Å². The average Bonchev–Trinajstić information content (AvgIpc) is 3.00. The molecule has 2 heteroatoms. The van der Waals surface area contributed by atoms with Crippen LogP contribution in [0.4, 0.5) is 0 Å². The summed E-state index contributed by atoms with van der Waals surface area (Å²) in [6.45, 7) is 11.4. The van der Waals surface area contributed by atoms with Gasteiger partial charge in [0.05, 0.1) is 0 Å². The third-order valence-corrected chi connectivity index (χ3v) is 5.69. The molecule has 3 atom stereocenters. The predicted molar refractivity (Wildman–Crippen MR) is 85.9 cm³/mol. The minimum Gasteiger partial charge on any atom is -0.313 e. The highest BCUT2D eigenvalue weighted by molar-refractivity contribution is 4.92. The molecule has 0 amide bonds. The maximum absolute atomic E-state index is 3.71. The van der Waals surface area contributed by atoms with Crippen LogP contribution in [0.2, 0.25) is 0 Å². The van der Waals surface area contributed by atoms with Gasteiger partial charge in [0.2, 0.25) is 0 Å². The fourth-order valence-electron chi connectivity index (χ4n) is 4.77. The zero-order chi connectivity index (χ0) is 14.2. The van der Waals surface area contributed by atoms with Crippen molar-refractivity contribution < 1.29 is 0 Å². The Morgan fingerprint density at radius 3 is 2.50 bits per heavy atom. The highest BCUT2D eigenvalue weighted by Gasteiger charge is 2.37. The topological polar surface area (TPSA) is 15.3 Å². The SMILES string of the molecule is CC1CC(N(CC2CC2)CC2CCCN2)CC(C)(C)C1. The number of hydrogen-bond acceptors (Lipinski definition) is 2. The van der Waals surface area contributed by atoms with Crippen molar-refractivity contribution in [3.63, 3.8) is 0 Å². The monoisotopic (exact) mass is 278 g/mol. The van der Waals surface area contributed by atoms with E-state index in [1.807, 2.05) is 0 Å². The molecule has 3 rings (SSSR count). The van der Waals surface area contributed by atoms with E-state index in [0.29, 0.717) is 5.41 Å². The minimum atomic E-state index is 0.549. The highest BCUT2D eigenvalue weighted by atomic mass is 15.2. The first-order chi connectivity index (χ1) is 9.52. The molecule has 1 saturated heterocycles. The first-order valence-electron chi connectivity index (χ1n) is 8.99. The Kier molecular flexibility index (Phi) is 4.42. The first kappa shape index (κ1) is 14.8. The molecule has 2 nitrogen and oxygen atoms in total. The van der Waals surface area contributed by atoms with Crippen molar-refractivity contribution in [2.24, 2.45) is 17.3 Å². The summed E-state index contributed by atoms with van der Waals surface area (Å²) in [7, 11) is 0. The molecule has 0 aromatic heterocycles. The van der Waals surface area contributed by atoms with E-state index in [9.17, 15) is 0 Å². The highest BCUT2D eigenvalue weighted by Crippen LogP contribution is 2.41. The zero-order valence-electron chi connectivity index (χ0n) is 13.8. The lowest BCUT2D eigenvalue weighted by Crippen LogP contribution is -2.48. The summed E-state index contributed by atoms with van der Waals surface area (Å²) in [6, 6.07) is 1.62. The molecular formula is C18H34N2. The summed E-state index contributed by atoms with van der Waals surface area (Å²) in [4.78, 5) is 2.89. The Bertz CT molecular complexity index is 315. The van der Waals surface area contributed by atoms with Gasteiger partial charge in [-0.05, 0) is 68.7 Å². The van der Waals surface area contributed by atoms with Crippen molar-refractivity contribution >= 4 is 0 Å². The van der Waals surface area contributed by atoms with Crippen molar-refractivity contribution in [2.75, 3.05) is 19.6 Å². The quantitative estimate of drug-likeness (QED) is 0.825. The van der Waals surface area contributed by atoms with Crippen LogP contribution in [-0.2, 0) is 0 Å². The third kappa shape index (κ3) is 3.98. The van der Waals surface area contributed by atoms with Crippen LogP contribution < -0.4 is 5.32 Å². The fraction of sp³-hybridized carbons (Fsp3) is 1.00. The van der Waals surface area contributed by atoms with Gasteiger partial charge in [-0.2, -0.15) is 0 Å². The molecule has 1 N–H and O–H groups in total. The molecule has 0 bridgehead atoms. The smallest absolute Gasteiger partial charge is 0.0195 e. The van der Waals surface area contributed by atoms with Crippen LogP contribution in [0.15, 0.2) is 0 Å². The van der Waals surface area contributed by atoms with Gasteiger partial charge in [0.1, 0.15) is 0 Å². The summed E-state index contributed by atoms with van der Waals surface area (Å²) < 4.78 is 0. The molecule has 0 aromatic rings. The molecule has 0 spiro atoms. The Morgan fingerprint density at radius 2 is 1.90 bits per heavy atom. The van der Waals surface area contributed by atoms with Gasteiger partial charge in [-0.1, -0.05) is 20.8 Å². The largest absolute Gasteiger partial charge is 0.313 e. The van der Waals surface area contributed by atoms with Gasteiger partial charge >= 0.3 is 0 Å². The van der Waals surface area contributed by atoms with Crippen LogP contribution in [0, 0.1) is 17.3 Å². The molecule has 116 valence electrons. The molecule has 3 unspecified atom stereocenters. The van der Waals surface area contributed by atoms with E-state index in [-0.39, 0.29) is 0 Å². The van der Waals surface area contributed by atoms with Crippen LogP contribution in [-0.4, -0.2) is 36.6 Å². The van der Waals surface area contributed by atoms with Crippen LogP contribution in [0.1, 0.15) is 65.7 Å². The van der Waals surface area contributed by atoms with Gasteiger partial charge in [0.25, 0.3) is 0 Å². The van der Waals surface area contributed by atoms with Gasteiger partial charge in [0.15, 0.2) is 0 Å². The van der Waals surface area contributed by atoms with Gasteiger partial charge in [0, 0.05) is 25.2 Å². The summed E-state index contributed by atoms with van der Waals surface area (Å²) >= 11 is 0. The summed E-state index contributed by atoms with van der Waals surface area (Å²) in [5.74, 6) is 1.93. The predicted octanol–water partition coefficient (Wildman–Crippen LogP) is 3.67. The standard InChI is InChI=1S/C18H34N2/c1-14-9-17(11-18(2,3)10-14)20(12-15-6-7-15)13-16-5-4-8-19-16/h14-17,19H,4-13H2,1-3H3. The molecule has 3 fully saturated rings. The van der Waals surface area contributed by atoms with Crippen molar-refractivity contribution in [1.82, 2.24) is 10.2 Å². The van der Waals surface area contributed by atoms with E-state index >= 15 is 0 Å². The van der Waals surface area contributed by atoms with E-state index < -0.39 is 0 Å². The Labute approximate surface area is 125 Å². The normalized spacial score (nSPS) is 37.5. The number of nitrogens with one attached hydrogen (secondary N) is 1. The number of hydrogen-bond donors (Lipinski definition) is 1. The Hall–Kier alpha value is -0.0800. The van der Waals surface area contributed by atoms with E-state index in [4.69, 9.17) is 0 Å². The second-order valence-electron chi connectivity index (χ2n) is 8.76. The summed E-state index contributed by atoms with van der Waals surface area (Å²) in [5, 5.41) is 3.71. The van der Waals surface area contributed by atoms with Crippen LogP contribution >= 0.6 is 0 Å². The maximum atomic E-state index is 3.71. The van der Waals surface area contributed by atoms with E-state index in [2.05, 4.69) is 31.0 Å². The van der Waals surface area contributed by atoms with Gasteiger partial charge in [-0.25, -0.2) is 0 Å². The minimum absolute atomic E-state index is 0.549. The van der Waals surface area contributed by atoms with Crippen molar-refractivity contribution in [3.8, 4) is 0 Å². The lowest BCUT2D eigenvalue weighted by Gasteiger charge is -2.45.